The Bertz CT molecular complexity index is 270. The largest absolute Gasteiger partial charge is 0.460 e. The summed E-state index contributed by atoms with van der Waals surface area (Å²) in [6, 6.07) is 0. The molecule has 2 rings (SSSR count). The van der Waals surface area contributed by atoms with Crippen molar-refractivity contribution in [3.63, 3.8) is 0 Å². The predicted molar refractivity (Wildman–Crippen MR) is 63.0 cm³/mol. The number of carbonyl (C=O) groups excluding carboxylic acids is 1. The molecule has 3 heteroatoms. The number of carbonyl (C=O) groups is 1. The van der Waals surface area contributed by atoms with Gasteiger partial charge in [0, 0.05) is 0 Å². The highest BCUT2D eigenvalue weighted by Crippen LogP contribution is 2.41. The molecule has 92 valence electrons. The highest BCUT2D eigenvalue weighted by atomic mass is 16.6. The number of hydrogen-bond donors (Lipinski definition) is 1. The van der Waals surface area contributed by atoms with Gasteiger partial charge >= 0.3 is 5.97 Å². The fourth-order valence-electron chi connectivity index (χ4n) is 3.07. The molecule has 0 aromatic carbocycles. The summed E-state index contributed by atoms with van der Waals surface area (Å²) in [5.41, 5.74) is -0.345. The van der Waals surface area contributed by atoms with Crippen molar-refractivity contribution in [3.05, 3.63) is 0 Å². The summed E-state index contributed by atoms with van der Waals surface area (Å²) in [5, 5.41) is 3.41. The number of nitrogens with one attached hydrogen (secondary N) is 1. The summed E-state index contributed by atoms with van der Waals surface area (Å²) in [7, 11) is 0. The van der Waals surface area contributed by atoms with Gasteiger partial charge in [-0.1, -0.05) is 0 Å². The van der Waals surface area contributed by atoms with E-state index in [0.717, 1.165) is 25.9 Å². The quantitative estimate of drug-likeness (QED) is 0.693. The van der Waals surface area contributed by atoms with Crippen molar-refractivity contribution >= 4 is 5.97 Å². The van der Waals surface area contributed by atoms with Crippen LogP contribution in [0.25, 0.3) is 0 Å². The average Bonchev–Trinajstić information content (AvgIpc) is 2.58. The fourth-order valence-corrected chi connectivity index (χ4v) is 3.07. The Hall–Kier alpha value is -0.570. The van der Waals surface area contributed by atoms with E-state index in [-0.39, 0.29) is 17.5 Å². The van der Waals surface area contributed by atoms with E-state index in [1.165, 1.54) is 6.42 Å². The number of fused-ring (bicyclic) bond motifs is 1. The average molecular weight is 225 g/mol. The molecule has 1 aliphatic heterocycles. The molecule has 1 aliphatic carbocycles. The third-order valence-corrected chi connectivity index (χ3v) is 3.74. The van der Waals surface area contributed by atoms with Crippen molar-refractivity contribution in [1.82, 2.24) is 5.32 Å². The van der Waals surface area contributed by atoms with E-state index in [9.17, 15) is 4.79 Å². The van der Waals surface area contributed by atoms with Crippen molar-refractivity contribution in [2.45, 2.75) is 45.6 Å². The van der Waals surface area contributed by atoms with Gasteiger partial charge in [0.05, 0.1) is 5.92 Å². The van der Waals surface area contributed by atoms with Crippen LogP contribution in [0, 0.1) is 17.8 Å². The van der Waals surface area contributed by atoms with Gasteiger partial charge in [0.15, 0.2) is 0 Å². The van der Waals surface area contributed by atoms with Gasteiger partial charge < -0.3 is 10.1 Å². The van der Waals surface area contributed by atoms with Gasteiger partial charge in [0.25, 0.3) is 0 Å². The summed E-state index contributed by atoms with van der Waals surface area (Å²) in [4.78, 5) is 12.1. The van der Waals surface area contributed by atoms with E-state index in [0.29, 0.717) is 11.8 Å². The lowest BCUT2D eigenvalue weighted by atomic mass is 9.84. The third-order valence-electron chi connectivity index (χ3n) is 3.74. The Morgan fingerprint density at radius 3 is 2.69 bits per heavy atom. The van der Waals surface area contributed by atoms with Crippen LogP contribution in [-0.2, 0) is 9.53 Å². The Kier molecular flexibility index (Phi) is 3.24. The van der Waals surface area contributed by atoms with E-state index in [1.54, 1.807) is 0 Å². The van der Waals surface area contributed by atoms with E-state index < -0.39 is 0 Å². The molecule has 0 spiro atoms. The van der Waals surface area contributed by atoms with Crippen molar-refractivity contribution < 1.29 is 9.53 Å². The van der Waals surface area contributed by atoms with Gasteiger partial charge in [-0.3, -0.25) is 4.79 Å². The zero-order chi connectivity index (χ0) is 11.8. The molecule has 0 aromatic heterocycles. The highest BCUT2D eigenvalue weighted by Gasteiger charge is 2.42. The first kappa shape index (κ1) is 11.9. The fraction of sp³-hybridized carbons (Fsp3) is 0.923. The molecule has 3 atom stereocenters. The molecule has 1 saturated carbocycles. The predicted octanol–water partition coefficient (Wildman–Crippen LogP) is 1.96. The maximum Gasteiger partial charge on any atom is 0.309 e. The van der Waals surface area contributed by atoms with E-state index in [4.69, 9.17) is 4.74 Å². The summed E-state index contributed by atoms with van der Waals surface area (Å²) in [5.74, 6) is 1.45. The molecule has 2 fully saturated rings. The first-order valence-electron chi connectivity index (χ1n) is 6.41. The summed E-state index contributed by atoms with van der Waals surface area (Å²) in [6.07, 6.45) is 3.34. The number of ether oxygens (including phenoxy) is 1. The van der Waals surface area contributed by atoms with Crippen LogP contribution in [-0.4, -0.2) is 24.7 Å². The number of rotatable bonds is 1. The van der Waals surface area contributed by atoms with E-state index in [2.05, 4.69) is 5.32 Å². The first-order chi connectivity index (χ1) is 7.47. The van der Waals surface area contributed by atoms with Gasteiger partial charge in [-0.15, -0.1) is 0 Å². The Labute approximate surface area is 97.9 Å². The van der Waals surface area contributed by atoms with Crippen molar-refractivity contribution in [3.8, 4) is 0 Å². The van der Waals surface area contributed by atoms with Gasteiger partial charge in [0.1, 0.15) is 5.60 Å². The minimum absolute atomic E-state index is 0.0295. The summed E-state index contributed by atoms with van der Waals surface area (Å²) in [6.45, 7) is 7.98. The first-order valence-corrected chi connectivity index (χ1v) is 6.41. The molecule has 3 unspecified atom stereocenters. The maximum absolute atomic E-state index is 12.1. The van der Waals surface area contributed by atoms with Crippen LogP contribution in [0.1, 0.15) is 40.0 Å². The molecule has 2 aliphatic rings. The van der Waals surface area contributed by atoms with Gasteiger partial charge in [-0.2, -0.15) is 0 Å². The van der Waals surface area contributed by atoms with Crippen LogP contribution in [0.4, 0.5) is 0 Å². The Morgan fingerprint density at radius 1 is 1.25 bits per heavy atom. The van der Waals surface area contributed by atoms with Crippen LogP contribution >= 0.6 is 0 Å². The van der Waals surface area contributed by atoms with E-state index in [1.807, 2.05) is 20.8 Å². The molecule has 3 nitrogen and oxygen atoms in total. The van der Waals surface area contributed by atoms with Crippen molar-refractivity contribution in [2.24, 2.45) is 17.8 Å². The standard InChI is InChI=1S/C13H23NO2/c1-13(2,3)16-12(15)11-5-4-9-8-14-7-6-10(9)11/h9-11,14H,4-8H2,1-3H3. The highest BCUT2D eigenvalue weighted by molar-refractivity contribution is 5.73. The maximum atomic E-state index is 12.1. The third kappa shape index (κ3) is 2.57. The SMILES string of the molecule is CC(C)(C)OC(=O)C1CCC2CNCCC21. The second kappa shape index (κ2) is 4.36. The lowest BCUT2D eigenvalue weighted by Gasteiger charge is -2.30. The van der Waals surface area contributed by atoms with Crippen molar-refractivity contribution in [1.29, 1.82) is 0 Å². The summed E-state index contributed by atoms with van der Waals surface area (Å²) < 4.78 is 5.51. The molecule has 16 heavy (non-hydrogen) atoms. The zero-order valence-electron chi connectivity index (χ0n) is 10.6. The molecule has 1 saturated heterocycles. The van der Waals surface area contributed by atoms with Gasteiger partial charge in [0.2, 0.25) is 0 Å². The van der Waals surface area contributed by atoms with Gasteiger partial charge in [-0.05, 0) is 65.0 Å². The molecule has 0 radical (unpaired) electrons. The molecule has 0 bridgehead atoms. The number of hydrogen-bond acceptors (Lipinski definition) is 3. The normalized spacial score (nSPS) is 34.6. The van der Waals surface area contributed by atoms with Crippen LogP contribution in [0.15, 0.2) is 0 Å². The Balaban J connectivity index is 1.97. The smallest absolute Gasteiger partial charge is 0.309 e. The second-order valence-corrected chi connectivity index (χ2v) is 6.13. The molecule has 0 aromatic rings. The minimum atomic E-state index is -0.345. The topological polar surface area (TPSA) is 38.3 Å². The molecular weight excluding hydrogens is 202 g/mol. The van der Waals surface area contributed by atoms with Crippen LogP contribution in [0.3, 0.4) is 0 Å². The second-order valence-electron chi connectivity index (χ2n) is 6.13. The van der Waals surface area contributed by atoms with Gasteiger partial charge in [-0.25, -0.2) is 0 Å². The Morgan fingerprint density at radius 2 is 2.00 bits per heavy atom. The monoisotopic (exact) mass is 225 g/mol. The molecular formula is C13H23NO2. The van der Waals surface area contributed by atoms with Crippen LogP contribution in [0.5, 0.6) is 0 Å². The zero-order valence-corrected chi connectivity index (χ0v) is 10.6. The van der Waals surface area contributed by atoms with E-state index >= 15 is 0 Å². The molecule has 1 heterocycles. The van der Waals surface area contributed by atoms with Crippen LogP contribution < -0.4 is 5.32 Å². The number of esters is 1. The van der Waals surface area contributed by atoms with Crippen molar-refractivity contribution in [2.75, 3.05) is 13.1 Å². The number of piperidine rings is 1. The minimum Gasteiger partial charge on any atom is -0.460 e. The summed E-state index contributed by atoms with van der Waals surface area (Å²) >= 11 is 0. The molecule has 1 N–H and O–H groups in total. The lowest BCUT2D eigenvalue weighted by molar-refractivity contribution is -0.161. The van der Waals surface area contributed by atoms with Crippen LogP contribution in [0.2, 0.25) is 0 Å². The molecule has 0 amide bonds. The lowest BCUT2D eigenvalue weighted by Crippen LogP contribution is -2.38.